The number of rotatable bonds is 3. The number of nitrogens with one attached hydrogen (secondary N) is 1. The van der Waals surface area contributed by atoms with Crippen molar-refractivity contribution < 1.29 is 24.2 Å². The first-order chi connectivity index (χ1) is 8.18. The van der Waals surface area contributed by atoms with Crippen molar-refractivity contribution in [3.05, 3.63) is 18.4 Å². The molecule has 7 heteroatoms. The van der Waals surface area contributed by atoms with Crippen molar-refractivity contribution in [3.63, 3.8) is 0 Å². The fraction of sp³-hybridized carbons (Fsp3) is 0.600. The lowest BCUT2D eigenvalue weighted by Gasteiger charge is -2.31. The number of oxazole rings is 1. The van der Waals surface area contributed by atoms with Crippen molar-refractivity contribution in [1.82, 2.24) is 10.3 Å². The summed E-state index contributed by atoms with van der Waals surface area (Å²) in [4.78, 5) is 15.1. The molecule has 2 rings (SSSR count). The van der Waals surface area contributed by atoms with E-state index < -0.39 is 24.2 Å². The number of carbonyl (C=O) groups is 1. The van der Waals surface area contributed by atoms with Crippen LogP contribution in [0.2, 0.25) is 0 Å². The number of ether oxygens (including phenoxy) is 1. The molecule has 0 aliphatic carbocycles. The molecule has 0 saturated carbocycles. The molecule has 1 aromatic rings. The number of nitrogens with zero attached hydrogens (tertiary/aromatic N) is 1. The van der Waals surface area contributed by atoms with E-state index in [1.165, 1.54) is 6.20 Å². The Kier molecular flexibility index (Phi) is 3.72. The number of amides is 1. The van der Waals surface area contributed by atoms with E-state index in [2.05, 4.69) is 10.3 Å². The van der Waals surface area contributed by atoms with Gasteiger partial charge in [-0.3, -0.25) is 4.79 Å². The van der Waals surface area contributed by atoms with E-state index in [1.54, 1.807) is 0 Å². The fourth-order valence-corrected chi connectivity index (χ4v) is 1.65. The van der Waals surface area contributed by atoms with Crippen LogP contribution in [0, 0.1) is 0 Å². The molecule has 1 aliphatic heterocycles. The van der Waals surface area contributed by atoms with Gasteiger partial charge in [-0.05, 0) is 6.42 Å². The summed E-state index contributed by atoms with van der Waals surface area (Å²) < 4.78 is 10.1. The van der Waals surface area contributed by atoms with Gasteiger partial charge in [0, 0.05) is 13.2 Å². The number of aromatic nitrogens is 1. The predicted molar refractivity (Wildman–Crippen MR) is 55.2 cm³/mol. The van der Waals surface area contributed by atoms with Gasteiger partial charge in [0.05, 0.1) is 12.3 Å². The molecule has 94 valence electrons. The second-order valence-electron chi connectivity index (χ2n) is 3.83. The van der Waals surface area contributed by atoms with Crippen molar-refractivity contribution in [3.8, 4) is 0 Å². The highest BCUT2D eigenvalue weighted by atomic mass is 16.5. The van der Waals surface area contributed by atoms with Gasteiger partial charge in [-0.1, -0.05) is 0 Å². The van der Waals surface area contributed by atoms with E-state index in [0.29, 0.717) is 13.0 Å². The minimum Gasteiger partial charge on any atom is -0.438 e. The lowest BCUT2D eigenvalue weighted by Crippen LogP contribution is -2.49. The topological polar surface area (TPSA) is 105 Å². The van der Waals surface area contributed by atoms with Crippen LogP contribution in [0.5, 0.6) is 0 Å². The van der Waals surface area contributed by atoms with Crippen molar-refractivity contribution in [1.29, 1.82) is 0 Å². The highest BCUT2D eigenvalue weighted by molar-refractivity contribution is 5.90. The number of hydrogen-bond donors (Lipinski definition) is 3. The van der Waals surface area contributed by atoms with Gasteiger partial charge in [-0.2, -0.15) is 0 Å². The Labute approximate surface area is 97.4 Å². The summed E-state index contributed by atoms with van der Waals surface area (Å²) in [6.07, 6.45) is 0.445. The van der Waals surface area contributed by atoms with Crippen molar-refractivity contribution >= 4 is 5.91 Å². The number of aliphatic hydroxyl groups is 2. The molecule has 0 bridgehead atoms. The molecule has 17 heavy (non-hydrogen) atoms. The number of aliphatic hydroxyl groups excluding tert-OH is 2. The zero-order chi connectivity index (χ0) is 12.3. The smallest absolute Gasteiger partial charge is 0.288 e. The molecule has 0 spiro atoms. The molecule has 0 aromatic carbocycles. The highest BCUT2D eigenvalue weighted by Gasteiger charge is 2.31. The summed E-state index contributed by atoms with van der Waals surface area (Å²) >= 11 is 0. The van der Waals surface area contributed by atoms with E-state index in [-0.39, 0.29) is 12.3 Å². The van der Waals surface area contributed by atoms with Crippen LogP contribution in [0.25, 0.3) is 0 Å². The third-order valence-corrected chi connectivity index (χ3v) is 2.64. The highest BCUT2D eigenvalue weighted by Crippen LogP contribution is 2.14. The van der Waals surface area contributed by atoms with Gasteiger partial charge in [0.25, 0.3) is 5.91 Å². The van der Waals surface area contributed by atoms with Crippen LogP contribution in [-0.4, -0.2) is 52.6 Å². The largest absolute Gasteiger partial charge is 0.438 e. The first-order valence-electron chi connectivity index (χ1n) is 5.33. The van der Waals surface area contributed by atoms with Gasteiger partial charge in [0.15, 0.2) is 6.39 Å². The van der Waals surface area contributed by atoms with Gasteiger partial charge in [-0.25, -0.2) is 4.98 Å². The van der Waals surface area contributed by atoms with E-state index in [1.807, 2.05) is 0 Å². The summed E-state index contributed by atoms with van der Waals surface area (Å²) in [7, 11) is 0. The standard InChI is InChI=1S/C10H14N2O5/c13-6-1-2-16-7(9(6)14)4-12-10(15)8-3-11-5-17-8/h3,5-7,9,13-14H,1-2,4H2,(H,12,15). The van der Waals surface area contributed by atoms with Gasteiger partial charge < -0.3 is 24.7 Å². The van der Waals surface area contributed by atoms with Crippen molar-refractivity contribution in [2.75, 3.05) is 13.2 Å². The third kappa shape index (κ3) is 2.82. The monoisotopic (exact) mass is 242 g/mol. The minimum absolute atomic E-state index is 0.0934. The maximum absolute atomic E-state index is 11.5. The molecule has 0 radical (unpaired) electrons. The molecular weight excluding hydrogens is 228 g/mol. The molecule has 1 fully saturated rings. The Morgan fingerprint density at radius 3 is 3.12 bits per heavy atom. The van der Waals surface area contributed by atoms with Crippen LogP contribution < -0.4 is 5.32 Å². The number of carbonyl (C=O) groups excluding carboxylic acids is 1. The molecule has 1 aromatic heterocycles. The predicted octanol–water partition coefficient (Wildman–Crippen LogP) is -1.08. The first-order valence-corrected chi connectivity index (χ1v) is 5.33. The van der Waals surface area contributed by atoms with E-state index in [4.69, 9.17) is 9.15 Å². The fourth-order valence-electron chi connectivity index (χ4n) is 1.65. The quantitative estimate of drug-likeness (QED) is 0.622. The van der Waals surface area contributed by atoms with Crippen molar-refractivity contribution in [2.24, 2.45) is 0 Å². The van der Waals surface area contributed by atoms with Gasteiger partial charge in [-0.15, -0.1) is 0 Å². The van der Waals surface area contributed by atoms with Crippen LogP contribution in [0.3, 0.4) is 0 Å². The Balaban J connectivity index is 1.83. The maximum atomic E-state index is 11.5. The Hall–Kier alpha value is -1.44. The first kappa shape index (κ1) is 12.0. The number of hydrogen-bond acceptors (Lipinski definition) is 6. The van der Waals surface area contributed by atoms with E-state index in [0.717, 1.165) is 6.39 Å². The van der Waals surface area contributed by atoms with Gasteiger partial charge in [0.2, 0.25) is 5.76 Å². The average molecular weight is 242 g/mol. The molecule has 1 saturated heterocycles. The summed E-state index contributed by atoms with van der Waals surface area (Å²) in [5, 5.41) is 21.6. The summed E-state index contributed by atoms with van der Waals surface area (Å²) in [5.41, 5.74) is 0. The molecule has 2 heterocycles. The average Bonchev–Trinajstić information content (AvgIpc) is 2.84. The summed E-state index contributed by atoms with van der Waals surface area (Å²) in [6.45, 7) is 0.471. The Morgan fingerprint density at radius 2 is 2.41 bits per heavy atom. The lowest BCUT2D eigenvalue weighted by atomic mass is 10.0. The molecule has 3 unspecified atom stereocenters. The van der Waals surface area contributed by atoms with Gasteiger partial charge in [0.1, 0.15) is 12.2 Å². The second-order valence-corrected chi connectivity index (χ2v) is 3.83. The van der Waals surface area contributed by atoms with E-state index >= 15 is 0 Å². The van der Waals surface area contributed by atoms with Gasteiger partial charge >= 0.3 is 0 Å². The van der Waals surface area contributed by atoms with E-state index in [9.17, 15) is 15.0 Å². The third-order valence-electron chi connectivity index (χ3n) is 2.64. The molecule has 3 N–H and O–H groups in total. The molecular formula is C10H14N2O5. The molecule has 1 aliphatic rings. The Morgan fingerprint density at radius 1 is 1.59 bits per heavy atom. The lowest BCUT2D eigenvalue weighted by molar-refractivity contribution is -0.132. The SMILES string of the molecule is O=C(NCC1OCCC(O)C1O)c1cnco1. The van der Waals surface area contributed by atoms with Crippen LogP contribution in [0.1, 0.15) is 17.0 Å². The maximum Gasteiger partial charge on any atom is 0.288 e. The second kappa shape index (κ2) is 5.26. The molecule has 1 amide bonds. The Bertz CT molecular complexity index is 367. The summed E-state index contributed by atoms with van der Waals surface area (Å²) in [6, 6.07) is 0. The summed E-state index contributed by atoms with van der Waals surface area (Å²) in [5.74, 6) is -0.339. The van der Waals surface area contributed by atoms with Crippen LogP contribution in [0.4, 0.5) is 0 Å². The van der Waals surface area contributed by atoms with Crippen LogP contribution in [-0.2, 0) is 4.74 Å². The van der Waals surface area contributed by atoms with Crippen LogP contribution >= 0.6 is 0 Å². The minimum atomic E-state index is -0.987. The molecule has 3 atom stereocenters. The zero-order valence-electron chi connectivity index (χ0n) is 9.07. The zero-order valence-corrected chi connectivity index (χ0v) is 9.07. The molecule has 7 nitrogen and oxygen atoms in total. The normalized spacial score (nSPS) is 28.9. The van der Waals surface area contributed by atoms with Crippen LogP contribution in [0.15, 0.2) is 17.0 Å². The van der Waals surface area contributed by atoms with Crippen molar-refractivity contribution in [2.45, 2.75) is 24.7 Å².